The first-order chi connectivity index (χ1) is 6.65. The summed E-state index contributed by atoms with van der Waals surface area (Å²) in [5.41, 5.74) is 2.87. The van der Waals surface area contributed by atoms with Gasteiger partial charge in [0.1, 0.15) is 0 Å². The highest BCUT2D eigenvalue weighted by Crippen LogP contribution is 2.17. The number of halogens is 1. The lowest BCUT2D eigenvalue weighted by molar-refractivity contribution is 0.111. The first-order valence-electron chi connectivity index (χ1n) is 3.89. The Morgan fingerprint density at radius 2 is 2.43 bits per heavy atom. The van der Waals surface area contributed by atoms with Gasteiger partial charge in [0.05, 0.1) is 12.1 Å². The standard InChI is InChI=1S/C9H10ClN2O2/c1-12(9(13)11-14-2)8-5-3-4-7(10)6-8/h3,5-6H,1-2H3,(H,11,13). The van der Waals surface area contributed by atoms with Crippen LogP contribution < -0.4 is 10.4 Å². The molecule has 0 saturated heterocycles. The van der Waals surface area contributed by atoms with Crippen molar-refractivity contribution in [3.63, 3.8) is 0 Å². The van der Waals surface area contributed by atoms with E-state index in [2.05, 4.69) is 16.4 Å². The van der Waals surface area contributed by atoms with Crippen LogP contribution >= 0.6 is 11.6 Å². The van der Waals surface area contributed by atoms with Crippen molar-refractivity contribution < 1.29 is 9.63 Å². The van der Waals surface area contributed by atoms with Gasteiger partial charge in [-0.15, -0.1) is 0 Å². The molecular formula is C9H10ClN2O2. The molecule has 0 heterocycles. The summed E-state index contributed by atoms with van der Waals surface area (Å²) < 4.78 is 0. The Kier molecular flexibility index (Phi) is 3.73. The van der Waals surface area contributed by atoms with Gasteiger partial charge < -0.3 is 0 Å². The van der Waals surface area contributed by atoms with Gasteiger partial charge in [-0.1, -0.05) is 17.7 Å². The maximum Gasteiger partial charge on any atom is 0.345 e. The molecular weight excluding hydrogens is 204 g/mol. The van der Waals surface area contributed by atoms with Crippen LogP contribution in [-0.4, -0.2) is 20.2 Å². The predicted octanol–water partition coefficient (Wildman–Crippen LogP) is 1.85. The maximum atomic E-state index is 11.3. The smallest absolute Gasteiger partial charge is 0.296 e. The minimum absolute atomic E-state index is 0.366. The van der Waals surface area contributed by atoms with E-state index in [1.165, 1.54) is 12.0 Å². The minimum atomic E-state index is -0.366. The molecule has 2 amide bonds. The van der Waals surface area contributed by atoms with E-state index in [1.807, 2.05) is 0 Å². The molecule has 0 aliphatic heterocycles. The number of urea groups is 1. The van der Waals surface area contributed by atoms with Gasteiger partial charge in [0.25, 0.3) is 0 Å². The molecule has 75 valence electrons. The van der Waals surface area contributed by atoms with Crippen molar-refractivity contribution >= 4 is 23.3 Å². The average molecular weight is 214 g/mol. The third kappa shape index (κ3) is 2.61. The highest BCUT2D eigenvalue weighted by Gasteiger charge is 2.09. The number of hydrogen-bond donors (Lipinski definition) is 1. The Hall–Kier alpha value is -1.26. The fraction of sp³-hybridized carbons (Fsp3) is 0.222. The fourth-order valence-electron chi connectivity index (χ4n) is 0.908. The predicted molar refractivity (Wildman–Crippen MR) is 54.2 cm³/mol. The molecule has 5 heteroatoms. The number of carbonyl (C=O) groups is 1. The third-order valence-corrected chi connectivity index (χ3v) is 1.85. The van der Waals surface area contributed by atoms with E-state index in [1.54, 1.807) is 25.2 Å². The number of hydrogen-bond acceptors (Lipinski definition) is 2. The zero-order chi connectivity index (χ0) is 10.6. The van der Waals surface area contributed by atoms with Gasteiger partial charge in [-0.2, -0.15) is 0 Å². The molecule has 1 radical (unpaired) electrons. The number of rotatable bonds is 2. The minimum Gasteiger partial charge on any atom is -0.296 e. The van der Waals surface area contributed by atoms with E-state index >= 15 is 0 Å². The molecule has 1 rings (SSSR count). The lowest BCUT2D eigenvalue weighted by Gasteiger charge is -2.16. The number of nitrogens with one attached hydrogen (secondary N) is 1. The van der Waals surface area contributed by atoms with Gasteiger partial charge in [-0.25, -0.2) is 10.3 Å². The summed E-state index contributed by atoms with van der Waals surface area (Å²) in [5, 5.41) is 0.458. The highest BCUT2D eigenvalue weighted by molar-refractivity contribution is 6.30. The van der Waals surface area contributed by atoms with E-state index in [0.717, 1.165) is 0 Å². The van der Waals surface area contributed by atoms with Crippen molar-refractivity contribution in [3.8, 4) is 0 Å². The van der Waals surface area contributed by atoms with Crippen molar-refractivity contribution in [2.75, 3.05) is 19.1 Å². The SMILES string of the molecule is CONC(=O)N(C)c1cc[c]c(Cl)c1. The van der Waals surface area contributed by atoms with Crippen LogP contribution in [0.1, 0.15) is 0 Å². The molecule has 0 fully saturated rings. The normalized spacial score (nSPS) is 9.64. The van der Waals surface area contributed by atoms with Gasteiger partial charge in [0, 0.05) is 18.8 Å². The number of amides is 2. The highest BCUT2D eigenvalue weighted by atomic mass is 35.5. The van der Waals surface area contributed by atoms with Gasteiger partial charge in [-0.05, 0) is 12.1 Å². The van der Waals surface area contributed by atoms with Crippen molar-refractivity contribution in [3.05, 3.63) is 29.3 Å². The quantitative estimate of drug-likeness (QED) is 0.762. The van der Waals surface area contributed by atoms with E-state index in [9.17, 15) is 4.79 Å². The molecule has 0 aliphatic carbocycles. The van der Waals surface area contributed by atoms with Crippen LogP contribution in [0.2, 0.25) is 5.02 Å². The number of hydroxylamine groups is 1. The van der Waals surface area contributed by atoms with Gasteiger partial charge >= 0.3 is 6.03 Å². The molecule has 14 heavy (non-hydrogen) atoms. The van der Waals surface area contributed by atoms with Crippen LogP contribution in [0.25, 0.3) is 0 Å². The summed E-state index contributed by atoms with van der Waals surface area (Å²) >= 11 is 5.73. The zero-order valence-electron chi connectivity index (χ0n) is 7.87. The van der Waals surface area contributed by atoms with Crippen LogP contribution in [0.15, 0.2) is 18.2 Å². The van der Waals surface area contributed by atoms with Crippen molar-refractivity contribution in [2.45, 2.75) is 0 Å². The lowest BCUT2D eigenvalue weighted by atomic mass is 10.3. The molecule has 0 unspecified atom stereocenters. The van der Waals surface area contributed by atoms with Gasteiger partial charge in [0.2, 0.25) is 0 Å². The van der Waals surface area contributed by atoms with E-state index in [-0.39, 0.29) is 6.03 Å². The number of anilines is 1. The van der Waals surface area contributed by atoms with Crippen LogP contribution in [0.3, 0.4) is 0 Å². The van der Waals surface area contributed by atoms with Crippen molar-refractivity contribution in [2.24, 2.45) is 0 Å². The van der Waals surface area contributed by atoms with Crippen LogP contribution in [0, 0.1) is 6.07 Å². The van der Waals surface area contributed by atoms with E-state index in [4.69, 9.17) is 11.6 Å². The summed E-state index contributed by atoms with van der Waals surface area (Å²) in [7, 11) is 2.98. The molecule has 0 aromatic heterocycles. The Labute approximate surface area is 87.4 Å². The van der Waals surface area contributed by atoms with E-state index < -0.39 is 0 Å². The molecule has 1 aromatic rings. The second-order valence-electron chi connectivity index (χ2n) is 2.57. The number of nitrogens with zero attached hydrogens (tertiary/aromatic N) is 1. The summed E-state index contributed by atoms with van der Waals surface area (Å²) in [5.74, 6) is 0. The Balaban J connectivity index is 2.78. The van der Waals surface area contributed by atoms with Crippen LogP contribution in [-0.2, 0) is 4.84 Å². The van der Waals surface area contributed by atoms with Crippen molar-refractivity contribution in [1.29, 1.82) is 0 Å². The largest absolute Gasteiger partial charge is 0.345 e. The number of benzene rings is 1. The van der Waals surface area contributed by atoms with Crippen LogP contribution in [0.4, 0.5) is 10.5 Å². The molecule has 0 saturated carbocycles. The van der Waals surface area contributed by atoms with Crippen molar-refractivity contribution in [1.82, 2.24) is 5.48 Å². The topological polar surface area (TPSA) is 41.6 Å². The molecule has 1 aromatic carbocycles. The third-order valence-electron chi connectivity index (χ3n) is 1.63. The Morgan fingerprint density at radius 3 is 3.00 bits per heavy atom. The molecule has 1 N–H and O–H groups in total. The van der Waals surface area contributed by atoms with Crippen LogP contribution in [0.5, 0.6) is 0 Å². The second-order valence-corrected chi connectivity index (χ2v) is 2.97. The Morgan fingerprint density at radius 1 is 1.71 bits per heavy atom. The molecule has 0 aliphatic rings. The summed E-state index contributed by atoms with van der Waals surface area (Å²) in [6.45, 7) is 0. The maximum absolute atomic E-state index is 11.3. The zero-order valence-corrected chi connectivity index (χ0v) is 8.63. The van der Waals surface area contributed by atoms with Gasteiger partial charge in [0.15, 0.2) is 0 Å². The second kappa shape index (κ2) is 4.83. The van der Waals surface area contributed by atoms with Gasteiger partial charge in [-0.3, -0.25) is 9.74 Å². The summed E-state index contributed by atoms with van der Waals surface area (Å²) in [6, 6.07) is 7.41. The monoisotopic (exact) mass is 213 g/mol. The molecule has 0 bridgehead atoms. The molecule has 4 nitrogen and oxygen atoms in total. The Bertz CT molecular complexity index is 330. The average Bonchev–Trinajstić information content (AvgIpc) is 2.17. The first-order valence-corrected chi connectivity index (χ1v) is 4.27. The van der Waals surface area contributed by atoms with E-state index in [0.29, 0.717) is 10.7 Å². The summed E-state index contributed by atoms with van der Waals surface area (Å²) in [6.07, 6.45) is 0. The number of carbonyl (C=O) groups excluding carboxylic acids is 1. The first kappa shape index (κ1) is 10.8. The lowest BCUT2D eigenvalue weighted by Crippen LogP contribution is -2.36. The molecule has 0 atom stereocenters. The summed E-state index contributed by atoms with van der Waals surface area (Å²) in [4.78, 5) is 17.2. The fourth-order valence-corrected chi connectivity index (χ4v) is 1.08. The molecule has 0 spiro atoms.